The number of aliphatic imine (C=N–C) groups is 1. The van der Waals surface area contributed by atoms with E-state index in [9.17, 15) is 0 Å². The summed E-state index contributed by atoms with van der Waals surface area (Å²) >= 11 is 1.84. The molecule has 1 aromatic rings. The summed E-state index contributed by atoms with van der Waals surface area (Å²) in [5.74, 6) is 0.566. The fraction of sp³-hybridized carbons (Fsp3) is 0.444. The van der Waals surface area contributed by atoms with Crippen LogP contribution in [0.1, 0.15) is 22.7 Å². The molecule has 2 rings (SSSR count). The van der Waals surface area contributed by atoms with Gasteiger partial charge in [0.05, 0.1) is 12.6 Å². The number of aryl methyl sites for hydroxylation is 1. The van der Waals surface area contributed by atoms with Gasteiger partial charge in [0.1, 0.15) is 0 Å². The lowest BCUT2D eigenvalue weighted by Crippen LogP contribution is -2.29. The van der Waals surface area contributed by atoms with Gasteiger partial charge in [0.15, 0.2) is 5.96 Å². The third kappa shape index (κ3) is 1.67. The van der Waals surface area contributed by atoms with Crippen molar-refractivity contribution in [1.82, 2.24) is 5.32 Å². The molecule has 3 N–H and O–H groups in total. The van der Waals surface area contributed by atoms with Crippen molar-refractivity contribution in [3.63, 3.8) is 0 Å². The lowest BCUT2D eigenvalue weighted by molar-refractivity contribution is 0.722. The molecule has 0 saturated carbocycles. The summed E-state index contributed by atoms with van der Waals surface area (Å²) in [4.78, 5) is 6.87. The monoisotopic (exact) mass is 195 g/mol. The molecule has 0 radical (unpaired) electrons. The van der Waals surface area contributed by atoms with Gasteiger partial charge in [0.25, 0.3) is 0 Å². The number of nitrogens with zero attached hydrogens (tertiary/aromatic N) is 1. The van der Waals surface area contributed by atoms with Gasteiger partial charge in [-0.05, 0) is 18.6 Å². The van der Waals surface area contributed by atoms with E-state index < -0.39 is 0 Å². The minimum Gasteiger partial charge on any atom is -0.370 e. The van der Waals surface area contributed by atoms with Crippen molar-refractivity contribution in [1.29, 1.82) is 0 Å². The first-order valence-electron chi connectivity index (χ1n) is 4.44. The Kier molecular flexibility index (Phi) is 2.22. The Morgan fingerprint density at radius 1 is 1.69 bits per heavy atom. The molecule has 0 aliphatic carbocycles. The maximum Gasteiger partial charge on any atom is 0.189 e. The van der Waals surface area contributed by atoms with Gasteiger partial charge in [-0.1, -0.05) is 6.92 Å². The molecule has 4 heteroatoms. The Balaban J connectivity index is 2.09. The van der Waals surface area contributed by atoms with E-state index in [0.29, 0.717) is 12.0 Å². The van der Waals surface area contributed by atoms with E-state index in [2.05, 4.69) is 29.4 Å². The summed E-state index contributed by atoms with van der Waals surface area (Å²) in [6, 6.07) is 4.65. The number of thiophene rings is 1. The first-order valence-corrected chi connectivity index (χ1v) is 5.26. The van der Waals surface area contributed by atoms with Gasteiger partial charge in [-0.2, -0.15) is 0 Å². The summed E-state index contributed by atoms with van der Waals surface area (Å²) in [5.41, 5.74) is 5.55. The zero-order chi connectivity index (χ0) is 9.26. The van der Waals surface area contributed by atoms with Gasteiger partial charge in [0, 0.05) is 9.75 Å². The van der Waals surface area contributed by atoms with Crippen LogP contribution in [-0.4, -0.2) is 12.5 Å². The lowest BCUT2D eigenvalue weighted by atomic mass is 10.2. The van der Waals surface area contributed by atoms with E-state index in [1.807, 2.05) is 11.3 Å². The first kappa shape index (κ1) is 8.56. The summed E-state index contributed by atoms with van der Waals surface area (Å²) < 4.78 is 0. The predicted octanol–water partition coefficient (Wildman–Crippen LogP) is 1.27. The summed E-state index contributed by atoms with van der Waals surface area (Å²) in [7, 11) is 0. The second-order valence-electron chi connectivity index (χ2n) is 3.08. The molecule has 1 atom stereocenters. The van der Waals surface area contributed by atoms with Gasteiger partial charge in [-0.25, -0.2) is 0 Å². The fourth-order valence-electron chi connectivity index (χ4n) is 1.39. The van der Waals surface area contributed by atoms with Crippen molar-refractivity contribution in [3.8, 4) is 0 Å². The topological polar surface area (TPSA) is 50.4 Å². The second kappa shape index (κ2) is 3.38. The Hall–Kier alpha value is -1.03. The smallest absolute Gasteiger partial charge is 0.189 e. The van der Waals surface area contributed by atoms with Crippen LogP contribution in [0.5, 0.6) is 0 Å². The molecule has 1 aliphatic heterocycles. The van der Waals surface area contributed by atoms with Crippen LogP contribution >= 0.6 is 11.3 Å². The van der Waals surface area contributed by atoms with Crippen LogP contribution in [-0.2, 0) is 6.42 Å². The molecule has 0 aromatic carbocycles. The van der Waals surface area contributed by atoms with Crippen LogP contribution in [0, 0.1) is 0 Å². The SMILES string of the molecule is CCc1ccc(C2CN=C(N)N2)s1. The molecule has 0 amide bonds. The fourth-order valence-corrected chi connectivity index (χ4v) is 2.39. The highest BCUT2D eigenvalue weighted by Crippen LogP contribution is 2.25. The summed E-state index contributed by atoms with van der Waals surface area (Å²) in [6.45, 7) is 2.94. The number of nitrogens with two attached hydrogens (primary N) is 1. The third-order valence-electron chi connectivity index (χ3n) is 2.14. The van der Waals surface area contributed by atoms with Gasteiger partial charge in [-0.3, -0.25) is 4.99 Å². The molecule has 1 aromatic heterocycles. The van der Waals surface area contributed by atoms with E-state index in [0.717, 1.165) is 13.0 Å². The summed E-state index contributed by atoms with van der Waals surface area (Å²) in [6.07, 6.45) is 1.10. The van der Waals surface area contributed by atoms with E-state index in [-0.39, 0.29) is 0 Å². The van der Waals surface area contributed by atoms with E-state index in [4.69, 9.17) is 5.73 Å². The van der Waals surface area contributed by atoms with E-state index in [1.165, 1.54) is 9.75 Å². The van der Waals surface area contributed by atoms with Crippen LogP contribution in [0.4, 0.5) is 0 Å². The maximum absolute atomic E-state index is 5.55. The molecule has 13 heavy (non-hydrogen) atoms. The van der Waals surface area contributed by atoms with Crippen molar-refractivity contribution in [3.05, 3.63) is 21.9 Å². The molecule has 1 unspecified atom stereocenters. The molecule has 0 bridgehead atoms. The molecule has 1 aliphatic rings. The molecule has 0 spiro atoms. The largest absolute Gasteiger partial charge is 0.370 e. The highest BCUT2D eigenvalue weighted by molar-refractivity contribution is 7.12. The molecular formula is C9H13N3S. The van der Waals surface area contributed by atoms with Gasteiger partial charge in [-0.15, -0.1) is 11.3 Å². The number of hydrogen-bond donors (Lipinski definition) is 2. The average Bonchev–Trinajstić information content (AvgIpc) is 2.71. The number of rotatable bonds is 2. The highest BCUT2D eigenvalue weighted by atomic mass is 32.1. The number of guanidine groups is 1. The Morgan fingerprint density at radius 3 is 3.08 bits per heavy atom. The molecule has 0 fully saturated rings. The van der Waals surface area contributed by atoms with Crippen LogP contribution in [0.2, 0.25) is 0 Å². The second-order valence-corrected chi connectivity index (χ2v) is 4.28. The average molecular weight is 195 g/mol. The lowest BCUT2D eigenvalue weighted by Gasteiger charge is -2.06. The molecular weight excluding hydrogens is 182 g/mol. The normalized spacial score (nSPS) is 21.3. The molecule has 2 heterocycles. The third-order valence-corrected chi connectivity index (χ3v) is 3.48. The van der Waals surface area contributed by atoms with Crippen molar-refractivity contribution < 1.29 is 0 Å². The molecule has 70 valence electrons. The minimum absolute atomic E-state index is 0.310. The van der Waals surface area contributed by atoms with Crippen molar-refractivity contribution in [2.75, 3.05) is 6.54 Å². The van der Waals surface area contributed by atoms with E-state index in [1.54, 1.807) is 0 Å². The van der Waals surface area contributed by atoms with Gasteiger partial charge >= 0.3 is 0 Å². The van der Waals surface area contributed by atoms with E-state index >= 15 is 0 Å². The zero-order valence-electron chi connectivity index (χ0n) is 7.58. The van der Waals surface area contributed by atoms with Crippen LogP contribution < -0.4 is 11.1 Å². The number of nitrogens with one attached hydrogen (secondary N) is 1. The van der Waals surface area contributed by atoms with Crippen molar-refractivity contribution in [2.24, 2.45) is 10.7 Å². The Labute approximate surface area is 81.7 Å². The standard InChI is InChI=1S/C9H13N3S/c1-2-6-3-4-8(13-6)7-5-11-9(10)12-7/h3-4,7H,2,5H2,1H3,(H3,10,11,12). The quantitative estimate of drug-likeness (QED) is 0.746. The van der Waals surface area contributed by atoms with Gasteiger partial charge in [0.2, 0.25) is 0 Å². The Bertz CT molecular complexity index is 329. The molecule has 0 saturated heterocycles. The minimum atomic E-state index is 0.310. The van der Waals surface area contributed by atoms with Crippen LogP contribution in [0.15, 0.2) is 17.1 Å². The highest BCUT2D eigenvalue weighted by Gasteiger charge is 2.18. The van der Waals surface area contributed by atoms with Crippen LogP contribution in [0.25, 0.3) is 0 Å². The van der Waals surface area contributed by atoms with Crippen LogP contribution in [0.3, 0.4) is 0 Å². The first-order chi connectivity index (χ1) is 6.29. The van der Waals surface area contributed by atoms with Crippen molar-refractivity contribution in [2.45, 2.75) is 19.4 Å². The predicted molar refractivity (Wildman–Crippen MR) is 56.1 cm³/mol. The Morgan fingerprint density at radius 2 is 2.54 bits per heavy atom. The zero-order valence-corrected chi connectivity index (χ0v) is 8.40. The van der Waals surface area contributed by atoms with Gasteiger partial charge < -0.3 is 11.1 Å². The maximum atomic E-state index is 5.55. The molecule has 3 nitrogen and oxygen atoms in total. The van der Waals surface area contributed by atoms with Crippen molar-refractivity contribution >= 4 is 17.3 Å². The summed E-state index contributed by atoms with van der Waals surface area (Å²) in [5, 5.41) is 3.15. The number of hydrogen-bond acceptors (Lipinski definition) is 4.